The van der Waals surface area contributed by atoms with Crippen molar-refractivity contribution in [3.63, 3.8) is 0 Å². The van der Waals surface area contributed by atoms with Crippen LogP contribution in [-0.4, -0.2) is 68.1 Å². The third-order valence-corrected chi connectivity index (χ3v) is 7.01. The van der Waals surface area contributed by atoms with E-state index < -0.39 is 17.8 Å². The Morgan fingerprint density at radius 1 is 1.13 bits per heavy atom. The summed E-state index contributed by atoms with van der Waals surface area (Å²) in [6, 6.07) is 10.1. The number of methoxy groups -OCH3 is 1. The lowest BCUT2D eigenvalue weighted by atomic mass is 10.0. The van der Waals surface area contributed by atoms with Gasteiger partial charge >= 0.3 is 6.18 Å². The largest absolute Gasteiger partial charge is 0.497 e. The predicted molar refractivity (Wildman–Crippen MR) is 140 cm³/mol. The zero-order valence-corrected chi connectivity index (χ0v) is 21.7. The van der Waals surface area contributed by atoms with E-state index in [4.69, 9.17) is 4.74 Å². The maximum absolute atomic E-state index is 14.3. The van der Waals surface area contributed by atoms with Crippen molar-refractivity contribution in [2.45, 2.75) is 26.1 Å². The van der Waals surface area contributed by atoms with Crippen LogP contribution in [-0.2, 0) is 6.18 Å². The summed E-state index contributed by atoms with van der Waals surface area (Å²) in [5, 5.41) is 3.97. The fraction of sp³-hybridized carbons (Fsp3) is 0.286. The van der Waals surface area contributed by atoms with Gasteiger partial charge in [-0.1, -0.05) is 6.58 Å². The number of carbonyl (C=O) groups excluding carboxylic acids is 1. The number of carbonyl (C=O) groups is 1. The first kappa shape index (κ1) is 26.2. The van der Waals surface area contributed by atoms with Gasteiger partial charge in [0.05, 0.1) is 19.0 Å². The van der Waals surface area contributed by atoms with E-state index in [2.05, 4.69) is 26.5 Å². The van der Waals surface area contributed by atoms with Gasteiger partial charge < -0.3 is 14.5 Å². The molecule has 0 spiro atoms. The fourth-order valence-electron chi connectivity index (χ4n) is 4.96. The quantitative estimate of drug-likeness (QED) is 0.360. The van der Waals surface area contributed by atoms with Crippen molar-refractivity contribution in [1.29, 1.82) is 0 Å². The number of alkyl halides is 3. The Labute approximate surface area is 223 Å². The van der Waals surface area contributed by atoms with Crippen LogP contribution in [0.25, 0.3) is 22.6 Å². The van der Waals surface area contributed by atoms with Crippen LogP contribution in [0.1, 0.15) is 34.1 Å². The summed E-state index contributed by atoms with van der Waals surface area (Å²) in [5.41, 5.74) is 1.10. The highest BCUT2D eigenvalue weighted by molar-refractivity contribution is 6.00. The maximum atomic E-state index is 14.3. The van der Waals surface area contributed by atoms with Gasteiger partial charge in [-0.25, -0.2) is 9.50 Å². The number of halogens is 3. The number of rotatable bonds is 5. The van der Waals surface area contributed by atoms with Crippen molar-refractivity contribution in [2.75, 3.05) is 26.7 Å². The Balaban J connectivity index is 1.50. The molecule has 11 heteroatoms. The number of amides is 1. The standard InChI is InChI=1S/C28H27F3N6O2/c1-17-16-35(19(3)21-6-5-11-32-14-21)12-13-36(17)27(38)23-15-33-37-25(28(29,30)31)18(2)24(34-26(23)37)20-7-9-22(39-4)10-8-20/h5-11,14-15,17H,3,12-13,16H2,1-2,4H3/t17-/m1/s1. The molecule has 1 amide bonds. The summed E-state index contributed by atoms with van der Waals surface area (Å²) >= 11 is 0. The Morgan fingerprint density at radius 2 is 1.87 bits per heavy atom. The summed E-state index contributed by atoms with van der Waals surface area (Å²) in [7, 11) is 1.51. The number of hydrogen-bond donors (Lipinski definition) is 0. The van der Waals surface area contributed by atoms with E-state index in [1.165, 1.54) is 20.2 Å². The molecule has 202 valence electrons. The van der Waals surface area contributed by atoms with Gasteiger partial charge in [-0.15, -0.1) is 0 Å². The molecule has 5 rings (SSSR count). The molecule has 1 fully saturated rings. The fourth-order valence-corrected chi connectivity index (χ4v) is 4.96. The molecule has 0 unspecified atom stereocenters. The molecular formula is C28H27F3N6O2. The van der Waals surface area contributed by atoms with Gasteiger partial charge in [-0.2, -0.15) is 18.3 Å². The summed E-state index contributed by atoms with van der Waals surface area (Å²) in [6.45, 7) is 8.82. The predicted octanol–water partition coefficient (Wildman–Crippen LogP) is 4.94. The zero-order chi connectivity index (χ0) is 27.9. The van der Waals surface area contributed by atoms with Gasteiger partial charge in [-0.05, 0) is 50.2 Å². The number of benzene rings is 1. The molecule has 0 saturated carbocycles. The molecule has 0 aliphatic carbocycles. The second-order valence-electron chi connectivity index (χ2n) is 9.44. The van der Waals surface area contributed by atoms with E-state index in [1.807, 2.05) is 19.1 Å². The van der Waals surface area contributed by atoms with Crippen molar-refractivity contribution >= 4 is 17.3 Å². The molecule has 1 atom stereocenters. The summed E-state index contributed by atoms with van der Waals surface area (Å²) in [6.07, 6.45) is -0.128. The lowest BCUT2D eigenvalue weighted by Crippen LogP contribution is -2.53. The minimum Gasteiger partial charge on any atom is -0.497 e. The van der Waals surface area contributed by atoms with Crippen LogP contribution in [0, 0.1) is 6.92 Å². The van der Waals surface area contributed by atoms with E-state index in [0.29, 0.717) is 30.9 Å². The molecule has 4 aromatic rings. The van der Waals surface area contributed by atoms with Crippen molar-refractivity contribution in [3.8, 4) is 17.0 Å². The molecular weight excluding hydrogens is 509 g/mol. The number of ether oxygens (including phenoxy) is 1. The van der Waals surface area contributed by atoms with Gasteiger partial charge in [0, 0.05) is 60.5 Å². The Kier molecular flexibility index (Phi) is 6.75. The third kappa shape index (κ3) is 4.80. The normalized spacial score (nSPS) is 16.0. The number of aromatic nitrogens is 4. The molecule has 0 radical (unpaired) electrons. The highest BCUT2D eigenvalue weighted by Crippen LogP contribution is 2.37. The minimum atomic E-state index is -4.72. The summed E-state index contributed by atoms with van der Waals surface area (Å²) in [4.78, 5) is 26.1. The van der Waals surface area contributed by atoms with Gasteiger partial charge in [0.25, 0.3) is 5.91 Å². The van der Waals surface area contributed by atoms with E-state index in [-0.39, 0.29) is 28.5 Å². The molecule has 1 aliphatic rings. The van der Waals surface area contributed by atoms with Crippen LogP contribution in [0.15, 0.2) is 61.6 Å². The van der Waals surface area contributed by atoms with Crippen LogP contribution < -0.4 is 4.74 Å². The topological polar surface area (TPSA) is 75.9 Å². The molecule has 8 nitrogen and oxygen atoms in total. The van der Waals surface area contributed by atoms with Crippen molar-refractivity contribution < 1.29 is 22.7 Å². The van der Waals surface area contributed by atoms with E-state index >= 15 is 0 Å². The number of pyridine rings is 1. The third-order valence-electron chi connectivity index (χ3n) is 7.01. The highest BCUT2D eigenvalue weighted by atomic mass is 19.4. The number of nitrogens with zero attached hydrogens (tertiary/aromatic N) is 6. The SMILES string of the molecule is C=C(c1cccnc1)N1CCN(C(=O)c2cnn3c(C(F)(F)F)c(C)c(-c4ccc(OC)cc4)nc23)[C@H](C)C1. The van der Waals surface area contributed by atoms with Crippen LogP contribution in [0.3, 0.4) is 0 Å². The monoisotopic (exact) mass is 536 g/mol. The van der Waals surface area contributed by atoms with Gasteiger partial charge in [0.15, 0.2) is 11.3 Å². The average molecular weight is 537 g/mol. The second-order valence-corrected chi connectivity index (χ2v) is 9.44. The first-order chi connectivity index (χ1) is 18.6. The van der Waals surface area contributed by atoms with Crippen molar-refractivity contribution in [2.24, 2.45) is 0 Å². The molecule has 1 saturated heterocycles. The smallest absolute Gasteiger partial charge is 0.433 e. The van der Waals surface area contributed by atoms with Gasteiger partial charge in [0.1, 0.15) is 11.3 Å². The molecule has 3 aromatic heterocycles. The van der Waals surface area contributed by atoms with Crippen molar-refractivity contribution in [1.82, 2.24) is 29.4 Å². The molecule has 1 aliphatic heterocycles. The molecule has 39 heavy (non-hydrogen) atoms. The van der Waals surface area contributed by atoms with Crippen LogP contribution in [0.5, 0.6) is 5.75 Å². The Hall–Kier alpha value is -4.41. The lowest BCUT2D eigenvalue weighted by Gasteiger charge is -2.41. The average Bonchev–Trinajstić information content (AvgIpc) is 3.34. The van der Waals surface area contributed by atoms with E-state index in [1.54, 1.807) is 41.6 Å². The first-order valence-corrected chi connectivity index (χ1v) is 12.3. The van der Waals surface area contributed by atoms with Gasteiger partial charge in [-0.3, -0.25) is 9.78 Å². The van der Waals surface area contributed by atoms with Crippen molar-refractivity contribution in [3.05, 3.63) is 84.0 Å². The number of fused-ring (bicyclic) bond motifs is 1. The molecule has 0 N–H and O–H groups in total. The first-order valence-electron chi connectivity index (χ1n) is 12.3. The lowest BCUT2D eigenvalue weighted by molar-refractivity contribution is -0.143. The number of hydrogen-bond acceptors (Lipinski definition) is 6. The molecule has 0 bridgehead atoms. The summed E-state index contributed by atoms with van der Waals surface area (Å²) < 4.78 is 48.7. The van der Waals surface area contributed by atoms with Crippen LogP contribution in [0.4, 0.5) is 13.2 Å². The molecule has 1 aromatic carbocycles. The minimum absolute atomic E-state index is 0.0154. The summed E-state index contributed by atoms with van der Waals surface area (Å²) in [5.74, 6) is 0.141. The zero-order valence-electron chi connectivity index (χ0n) is 21.7. The van der Waals surface area contributed by atoms with E-state index in [0.717, 1.165) is 15.8 Å². The van der Waals surface area contributed by atoms with Gasteiger partial charge in [0.2, 0.25) is 0 Å². The molecule has 4 heterocycles. The van der Waals surface area contributed by atoms with Crippen LogP contribution >= 0.6 is 0 Å². The van der Waals surface area contributed by atoms with Crippen LogP contribution in [0.2, 0.25) is 0 Å². The number of piperazine rings is 1. The Morgan fingerprint density at radius 3 is 2.49 bits per heavy atom. The second kappa shape index (κ2) is 10.0. The highest BCUT2D eigenvalue weighted by Gasteiger charge is 2.39. The van der Waals surface area contributed by atoms with E-state index in [9.17, 15) is 18.0 Å². The Bertz CT molecular complexity index is 1530. The maximum Gasteiger partial charge on any atom is 0.433 e.